The molecule has 4 heteroatoms. The topological polar surface area (TPSA) is 52.3 Å². The molecule has 1 saturated carbocycles. The summed E-state index contributed by atoms with van der Waals surface area (Å²) < 4.78 is 6.08. The van der Waals surface area contributed by atoms with Crippen LogP contribution in [0.1, 0.15) is 77.0 Å². The summed E-state index contributed by atoms with van der Waals surface area (Å²) >= 11 is 1.80. The van der Waals surface area contributed by atoms with E-state index in [1.807, 2.05) is 0 Å². The van der Waals surface area contributed by atoms with Gasteiger partial charge < -0.3 is 10.5 Å². The Morgan fingerprint density at radius 1 is 0.952 bits per heavy atom. The number of ether oxygens (including phenoxy) is 1. The first-order chi connectivity index (χ1) is 10.3. The summed E-state index contributed by atoms with van der Waals surface area (Å²) in [6.45, 7) is 0.869. The van der Waals surface area contributed by atoms with E-state index in [1.165, 1.54) is 64.2 Å². The maximum atomic E-state index is 10.6. The van der Waals surface area contributed by atoms with Crippen LogP contribution in [-0.2, 0) is 9.53 Å². The van der Waals surface area contributed by atoms with Gasteiger partial charge in [0.1, 0.15) is 0 Å². The summed E-state index contributed by atoms with van der Waals surface area (Å²) in [7, 11) is 0. The Morgan fingerprint density at radius 3 is 2.10 bits per heavy atom. The van der Waals surface area contributed by atoms with Gasteiger partial charge >= 0.3 is 0 Å². The molecule has 0 spiro atoms. The van der Waals surface area contributed by atoms with Crippen LogP contribution in [0.3, 0.4) is 0 Å². The molecule has 3 nitrogen and oxygen atoms in total. The molecule has 0 aliphatic heterocycles. The van der Waals surface area contributed by atoms with Crippen molar-refractivity contribution in [3.8, 4) is 0 Å². The number of nitrogens with two attached hydrogens (primary N) is 1. The average molecular weight is 316 g/mol. The van der Waals surface area contributed by atoms with Crippen LogP contribution in [0.15, 0.2) is 0 Å². The smallest absolute Gasteiger partial charge is 0.218 e. The quantitative estimate of drug-likeness (QED) is 0.680. The molecule has 0 unspecified atom stereocenters. The van der Waals surface area contributed by atoms with E-state index in [0.29, 0.717) is 12.5 Å². The number of primary amides is 1. The predicted molar refractivity (Wildman–Crippen MR) is 91.7 cm³/mol. The Kier molecular flexibility index (Phi) is 12.1. The van der Waals surface area contributed by atoms with Gasteiger partial charge in [0.15, 0.2) is 0 Å². The summed E-state index contributed by atoms with van der Waals surface area (Å²) in [4.78, 5) is 10.6. The maximum Gasteiger partial charge on any atom is 0.218 e. The lowest BCUT2D eigenvalue weighted by molar-refractivity contribution is -0.117. The van der Waals surface area contributed by atoms with E-state index in [2.05, 4.69) is 0 Å². The Bertz CT molecular complexity index is 249. The minimum atomic E-state index is -0.198. The molecule has 124 valence electrons. The van der Waals surface area contributed by atoms with E-state index in [0.717, 1.165) is 24.5 Å². The van der Waals surface area contributed by atoms with Crippen molar-refractivity contribution in [3.05, 3.63) is 0 Å². The fourth-order valence-corrected chi connectivity index (χ4v) is 3.67. The monoisotopic (exact) mass is 315 g/mol. The molecule has 0 saturated heterocycles. The van der Waals surface area contributed by atoms with Crippen LogP contribution in [0.5, 0.6) is 0 Å². The molecule has 1 aliphatic rings. The van der Waals surface area contributed by atoms with E-state index < -0.39 is 0 Å². The molecule has 1 aliphatic carbocycles. The zero-order valence-electron chi connectivity index (χ0n) is 13.5. The molecular formula is C17H33NO2S. The molecule has 2 N–H and O–H groups in total. The molecule has 1 fully saturated rings. The molecular weight excluding hydrogens is 282 g/mol. The van der Waals surface area contributed by atoms with Crippen LogP contribution in [-0.4, -0.2) is 30.1 Å². The van der Waals surface area contributed by atoms with Gasteiger partial charge in [-0.3, -0.25) is 4.79 Å². The molecule has 21 heavy (non-hydrogen) atoms. The molecule has 0 heterocycles. The van der Waals surface area contributed by atoms with Crippen molar-refractivity contribution in [2.45, 2.75) is 83.2 Å². The van der Waals surface area contributed by atoms with Gasteiger partial charge in [0.05, 0.1) is 6.10 Å². The number of carbonyl (C=O) groups is 1. The van der Waals surface area contributed by atoms with Crippen molar-refractivity contribution in [2.24, 2.45) is 5.73 Å². The summed E-state index contributed by atoms with van der Waals surface area (Å²) in [5.74, 6) is 1.72. The number of thioether (sulfide) groups is 1. The predicted octanol–water partition coefficient (Wildman–Crippen LogP) is 4.28. The van der Waals surface area contributed by atoms with Crippen LogP contribution in [0.4, 0.5) is 0 Å². The fraction of sp³-hybridized carbons (Fsp3) is 0.941. The van der Waals surface area contributed by atoms with Crippen LogP contribution in [0.25, 0.3) is 0 Å². The summed E-state index contributed by atoms with van der Waals surface area (Å²) in [5, 5.41) is 0. The van der Waals surface area contributed by atoms with Crippen LogP contribution >= 0.6 is 11.8 Å². The highest BCUT2D eigenvalue weighted by Crippen LogP contribution is 2.19. The molecule has 0 aromatic rings. The zero-order chi connectivity index (χ0) is 15.2. The summed E-state index contributed by atoms with van der Waals surface area (Å²) in [5.41, 5.74) is 5.12. The number of hydrogen-bond acceptors (Lipinski definition) is 3. The molecule has 0 bridgehead atoms. The first-order valence-electron chi connectivity index (χ1n) is 8.76. The Balaban J connectivity index is 2.03. The summed E-state index contributed by atoms with van der Waals surface area (Å²) in [6, 6.07) is 0. The highest BCUT2D eigenvalue weighted by atomic mass is 32.2. The van der Waals surface area contributed by atoms with Gasteiger partial charge in [-0.05, 0) is 25.0 Å². The lowest BCUT2D eigenvalue weighted by Gasteiger charge is -2.17. The van der Waals surface area contributed by atoms with E-state index in [-0.39, 0.29) is 5.91 Å². The number of hydrogen-bond donors (Lipinski definition) is 1. The number of carbonyl (C=O) groups excluding carboxylic acids is 1. The third-order valence-corrected chi connectivity index (χ3v) is 5.15. The van der Waals surface area contributed by atoms with Crippen molar-refractivity contribution < 1.29 is 9.53 Å². The van der Waals surface area contributed by atoms with Crippen LogP contribution in [0, 0.1) is 0 Å². The molecule has 0 atom stereocenters. The SMILES string of the molecule is NC(=O)CCSCCCOC1CCCCCCCCCC1. The van der Waals surface area contributed by atoms with Gasteiger partial charge in [0.2, 0.25) is 5.91 Å². The second-order valence-corrected chi connectivity index (χ2v) is 7.31. The molecule has 1 rings (SSSR count). The zero-order valence-corrected chi connectivity index (χ0v) is 14.3. The van der Waals surface area contributed by atoms with Gasteiger partial charge in [-0.1, -0.05) is 51.4 Å². The van der Waals surface area contributed by atoms with Crippen molar-refractivity contribution in [1.29, 1.82) is 0 Å². The molecule has 0 aromatic carbocycles. The van der Waals surface area contributed by atoms with Gasteiger partial charge in [0, 0.05) is 18.8 Å². The Labute approximate surface area is 134 Å². The Hall–Kier alpha value is -0.220. The highest BCUT2D eigenvalue weighted by molar-refractivity contribution is 7.99. The second kappa shape index (κ2) is 13.4. The first kappa shape index (κ1) is 18.8. The van der Waals surface area contributed by atoms with Gasteiger partial charge in [0.25, 0.3) is 0 Å². The van der Waals surface area contributed by atoms with Crippen molar-refractivity contribution in [1.82, 2.24) is 0 Å². The van der Waals surface area contributed by atoms with E-state index in [4.69, 9.17) is 10.5 Å². The highest BCUT2D eigenvalue weighted by Gasteiger charge is 2.09. The normalized spacial score (nSPS) is 19.0. The summed E-state index contributed by atoms with van der Waals surface area (Å²) in [6.07, 6.45) is 15.6. The lowest BCUT2D eigenvalue weighted by atomic mass is 10.1. The van der Waals surface area contributed by atoms with Crippen LogP contribution < -0.4 is 5.73 Å². The fourth-order valence-electron chi connectivity index (χ4n) is 2.80. The largest absolute Gasteiger partial charge is 0.378 e. The maximum absolute atomic E-state index is 10.6. The standard InChI is InChI=1S/C17H33NO2S/c18-17(19)12-15-21-14-9-13-20-16-10-7-5-3-1-2-4-6-8-11-16/h16H,1-15H2,(H2,18,19). The van der Waals surface area contributed by atoms with Crippen molar-refractivity contribution in [3.63, 3.8) is 0 Å². The van der Waals surface area contributed by atoms with Gasteiger partial charge in [-0.2, -0.15) is 11.8 Å². The van der Waals surface area contributed by atoms with Crippen molar-refractivity contribution in [2.75, 3.05) is 18.1 Å². The van der Waals surface area contributed by atoms with E-state index >= 15 is 0 Å². The second-order valence-electron chi connectivity index (χ2n) is 6.08. The first-order valence-corrected chi connectivity index (χ1v) is 9.92. The van der Waals surface area contributed by atoms with Gasteiger partial charge in [-0.15, -0.1) is 0 Å². The number of amides is 1. The van der Waals surface area contributed by atoms with Gasteiger partial charge in [-0.25, -0.2) is 0 Å². The number of rotatable bonds is 8. The Morgan fingerprint density at radius 2 is 1.52 bits per heavy atom. The van der Waals surface area contributed by atoms with E-state index in [9.17, 15) is 4.79 Å². The minimum Gasteiger partial charge on any atom is -0.378 e. The molecule has 0 radical (unpaired) electrons. The lowest BCUT2D eigenvalue weighted by Crippen LogP contribution is -2.14. The molecule has 1 amide bonds. The third kappa shape index (κ3) is 12.0. The minimum absolute atomic E-state index is 0.198. The average Bonchev–Trinajstić information content (AvgIpc) is 2.52. The van der Waals surface area contributed by atoms with Crippen LogP contribution in [0.2, 0.25) is 0 Å². The third-order valence-electron chi connectivity index (χ3n) is 4.08. The van der Waals surface area contributed by atoms with Crippen molar-refractivity contribution >= 4 is 17.7 Å². The van der Waals surface area contributed by atoms with E-state index in [1.54, 1.807) is 11.8 Å². The molecule has 0 aromatic heterocycles.